The molecule has 0 aliphatic carbocycles. The highest BCUT2D eigenvalue weighted by molar-refractivity contribution is 7.09. The zero-order valence-electron chi connectivity index (χ0n) is 14.9. The minimum absolute atomic E-state index is 0.0472. The first kappa shape index (κ1) is 19.6. The third-order valence-corrected chi connectivity index (χ3v) is 5.53. The molecule has 2 aromatic rings. The van der Waals surface area contributed by atoms with Crippen molar-refractivity contribution in [1.29, 1.82) is 0 Å². The van der Waals surface area contributed by atoms with Gasteiger partial charge in [0.25, 0.3) is 0 Å². The summed E-state index contributed by atoms with van der Waals surface area (Å²) in [6, 6.07) is 5.67. The Balaban J connectivity index is 1.53. The van der Waals surface area contributed by atoms with E-state index in [1.54, 1.807) is 11.3 Å². The van der Waals surface area contributed by atoms with Crippen molar-refractivity contribution < 1.29 is 18.0 Å². The van der Waals surface area contributed by atoms with Crippen LogP contribution in [0.4, 0.5) is 19.0 Å². The number of thiophene rings is 1. The summed E-state index contributed by atoms with van der Waals surface area (Å²) >= 11 is 1.59. The molecular weight excluding hydrogens is 377 g/mol. The van der Waals surface area contributed by atoms with Gasteiger partial charge < -0.3 is 10.2 Å². The van der Waals surface area contributed by atoms with Crippen LogP contribution < -0.4 is 10.2 Å². The standard InChI is InChI=1S/C18H21F3N4OS/c1-13(17(26)23-12-15-3-2-10-27-15)24-6-8-25(9-7-24)16-11-14(4-5-22-16)18(19,20)21/h2-5,10-11,13H,6-9,12H2,1H3,(H,23,26)/t13-/m1/s1. The van der Waals surface area contributed by atoms with Crippen molar-refractivity contribution in [3.05, 3.63) is 46.3 Å². The summed E-state index contributed by atoms with van der Waals surface area (Å²) in [5.41, 5.74) is -0.698. The second kappa shape index (κ2) is 8.26. The van der Waals surface area contributed by atoms with Gasteiger partial charge >= 0.3 is 6.18 Å². The Morgan fingerprint density at radius 1 is 1.30 bits per heavy atom. The molecule has 1 aliphatic rings. The summed E-state index contributed by atoms with van der Waals surface area (Å²) in [4.78, 5) is 21.4. The second-order valence-corrected chi connectivity index (χ2v) is 7.43. The number of nitrogens with one attached hydrogen (secondary N) is 1. The Hall–Kier alpha value is -2.13. The third-order valence-electron chi connectivity index (χ3n) is 4.66. The summed E-state index contributed by atoms with van der Waals surface area (Å²) in [6.45, 7) is 4.58. The molecule has 5 nitrogen and oxygen atoms in total. The maximum Gasteiger partial charge on any atom is 0.416 e. The van der Waals surface area contributed by atoms with E-state index >= 15 is 0 Å². The number of alkyl halides is 3. The minimum Gasteiger partial charge on any atom is -0.354 e. The average molecular weight is 398 g/mol. The molecule has 0 spiro atoms. The molecule has 0 bridgehead atoms. The lowest BCUT2D eigenvalue weighted by molar-refractivity contribution is -0.137. The number of hydrogen-bond acceptors (Lipinski definition) is 5. The number of carbonyl (C=O) groups excluding carboxylic acids is 1. The van der Waals surface area contributed by atoms with Gasteiger partial charge in [0.15, 0.2) is 0 Å². The van der Waals surface area contributed by atoms with Crippen molar-refractivity contribution in [1.82, 2.24) is 15.2 Å². The topological polar surface area (TPSA) is 48.5 Å². The van der Waals surface area contributed by atoms with E-state index in [0.29, 0.717) is 38.5 Å². The Morgan fingerprint density at radius 3 is 2.67 bits per heavy atom. The van der Waals surface area contributed by atoms with Gasteiger partial charge in [0.05, 0.1) is 18.2 Å². The Labute approximate surface area is 159 Å². The largest absolute Gasteiger partial charge is 0.416 e. The van der Waals surface area contributed by atoms with Crippen LogP contribution in [0, 0.1) is 0 Å². The summed E-state index contributed by atoms with van der Waals surface area (Å²) in [7, 11) is 0. The number of rotatable bonds is 5. The molecule has 9 heteroatoms. The van der Waals surface area contributed by atoms with E-state index in [1.807, 2.05) is 34.2 Å². The van der Waals surface area contributed by atoms with E-state index in [-0.39, 0.29) is 11.9 Å². The van der Waals surface area contributed by atoms with Crippen LogP contribution in [0.15, 0.2) is 35.8 Å². The average Bonchev–Trinajstić information content (AvgIpc) is 3.19. The normalized spacial score (nSPS) is 17.0. The molecule has 1 N–H and O–H groups in total. The maximum atomic E-state index is 12.9. The molecule has 1 aliphatic heterocycles. The monoisotopic (exact) mass is 398 g/mol. The molecule has 146 valence electrons. The first-order chi connectivity index (χ1) is 12.8. The predicted molar refractivity (Wildman–Crippen MR) is 98.7 cm³/mol. The fraction of sp³-hybridized carbons (Fsp3) is 0.444. The van der Waals surface area contributed by atoms with Crippen molar-refractivity contribution in [2.24, 2.45) is 0 Å². The number of hydrogen-bond donors (Lipinski definition) is 1. The van der Waals surface area contributed by atoms with Gasteiger partial charge in [-0.15, -0.1) is 11.3 Å². The van der Waals surface area contributed by atoms with Crippen LogP contribution in [0.5, 0.6) is 0 Å². The van der Waals surface area contributed by atoms with E-state index in [9.17, 15) is 18.0 Å². The molecule has 0 aromatic carbocycles. The molecule has 0 saturated carbocycles. The Kier molecular flexibility index (Phi) is 6.01. The number of anilines is 1. The highest BCUT2D eigenvalue weighted by atomic mass is 32.1. The quantitative estimate of drug-likeness (QED) is 0.841. The molecular formula is C18H21F3N4OS. The number of amides is 1. The highest BCUT2D eigenvalue weighted by Gasteiger charge is 2.32. The lowest BCUT2D eigenvalue weighted by Gasteiger charge is -2.38. The smallest absolute Gasteiger partial charge is 0.354 e. The van der Waals surface area contributed by atoms with E-state index in [1.165, 1.54) is 6.20 Å². The highest BCUT2D eigenvalue weighted by Crippen LogP contribution is 2.30. The summed E-state index contributed by atoms with van der Waals surface area (Å²) in [6.07, 6.45) is -3.19. The second-order valence-electron chi connectivity index (χ2n) is 6.40. The molecule has 1 fully saturated rings. The molecule has 0 radical (unpaired) electrons. The number of piperazine rings is 1. The van der Waals surface area contributed by atoms with Crippen LogP contribution in [0.25, 0.3) is 0 Å². The van der Waals surface area contributed by atoms with Crippen LogP contribution in [0.3, 0.4) is 0 Å². The van der Waals surface area contributed by atoms with Gasteiger partial charge in [0.1, 0.15) is 5.82 Å². The van der Waals surface area contributed by atoms with Gasteiger partial charge in [-0.3, -0.25) is 9.69 Å². The lowest BCUT2D eigenvalue weighted by atomic mass is 10.2. The van der Waals surface area contributed by atoms with Gasteiger partial charge in [-0.25, -0.2) is 4.98 Å². The van der Waals surface area contributed by atoms with Gasteiger partial charge in [0.2, 0.25) is 5.91 Å². The van der Waals surface area contributed by atoms with Crippen LogP contribution in [0.2, 0.25) is 0 Å². The van der Waals surface area contributed by atoms with E-state index in [0.717, 1.165) is 17.0 Å². The number of carbonyl (C=O) groups is 1. The Bertz CT molecular complexity index is 758. The Morgan fingerprint density at radius 2 is 2.04 bits per heavy atom. The molecule has 1 atom stereocenters. The molecule has 3 rings (SSSR count). The van der Waals surface area contributed by atoms with E-state index in [4.69, 9.17) is 0 Å². The lowest BCUT2D eigenvalue weighted by Crippen LogP contribution is -2.54. The van der Waals surface area contributed by atoms with Gasteiger partial charge in [-0.05, 0) is 30.5 Å². The van der Waals surface area contributed by atoms with E-state index in [2.05, 4.69) is 10.3 Å². The van der Waals surface area contributed by atoms with Gasteiger partial charge in [-0.1, -0.05) is 6.07 Å². The number of nitrogens with zero attached hydrogens (tertiary/aromatic N) is 3. The fourth-order valence-corrected chi connectivity index (χ4v) is 3.65. The first-order valence-corrected chi connectivity index (χ1v) is 9.55. The zero-order chi connectivity index (χ0) is 19.4. The fourth-order valence-electron chi connectivity index (χ4n) is 3.01. The molecule has 0 unspecified atom stereocenters. The minimum atomic E-state index is -4.38. The zero-order valence-corrected chi connectivity index (χ0v) is 15.7. The maximum absolute atomic E-state index is 12.9. The number of halogens is 3. The third kappa shape index (κ3) is 4.98. The summed E-state index contributed by atoms with van der Waals surface area (Å²) < 4.78 is 38.6. The summed E-state index contributed by atoms with van der Waals surface area (Å²) in [5.74, 6) is 0.272. The van der Waals surface area contributed by atoms with Crippen LogP contribution in [-0.2, 0) is 17.5 Å². The van der Waals surface area contributed by atoms with Crippen molar-refractivity contribution in [3.63, 3.8) is 0 Å². The first-order valence-electron chi connectivity index (χ1n) is 8.67. The van der Waals surface area contributed by atoms with Crippen molar-refractivity contribution >= 4 is 23.1 Å². The number of aromatic nitrogens is 1. The number of pyridine rings is 1. The van der Waals surface area contributed by atoms with Crippen LogP contribution >= 0.6 is 11.3 Å². The van der Waals surface area contributed by atoms with Crippen molar-refractivity contribution in [2.45, 2.75) is 25.7 Å². The van der Waals surface area contributed by atoms with Crippen LogP contribution in [0.1, 0.15) is 17.4 Å². The van der Waals surface area contributed by atoms with Crippen LogP contribution in [-0.4, -0.2) is 48.0 Å². The predicted octanol–water partition coefficient (Wildman–Crippen LogP) is 2.99. The van der Waals surface area contributed by atoms with Crippen molar-refractivity contribution in [3.8, 4) is 0 Å². The summed E-state index contributed by atoms with van der Waals surface area (Å²) in [5, 5.41) is 4.89. The molecule has 1 saturated heterocycles. The SMILES string of the molecule is C[C@H](C(=O)NCc1cccs1)N1CCN(c2cc(C(F)(F)F)ccn2)CC1. The molecule has 2 aromatic heterocycles. The van der Waals surface area contributed by atoms with E-state index < -0.39 is 11.7 Å². The van der Waals surface area contributed by atoms with Crippen molar-refractivity contribution in [2.75, 3.05) is 31.1 Å². The van der Waals surface area contributed by atoms with Gasteiger partial charge in [-0.2, -0.15) is 13.2 Å². The molecule has 1 amide bonds. The molecule has 3 heterocycles. The van der Waals surface area contributed by atoms with Gasteiger partial charge in [0, 0.05) is 37.3 Å². The molecule has 27 heavy (non-hydrogen) atoms.